The minimum Gasteiger partial charge on any atom is -0.494 e. The number of aromatic nitrogens is 2. The highest BCUT2D eigenvalue weighted by Crippen LogP contribution is 2.19. The van der Waals surface area contributed by atoms with Crippen molar-refractivity contribution < 1.29 is 9.53 Å². The van der Waals surface area contributed by atoms with E-state index >= 15 is 0 Å². The number of nitrogens with zero attached hydrogens (tertiary/aromatic N) is 2. The number of para-hydroxylation sites is 1. The molecule has 0 radical (unpaired) electrons. The zero-order valence-electron chi connectivity index (χ0n) is 16.9. The van der Waals surface area contributed by atoms with Gasteiger partial charge in [-0.2, -0.15) is 0 Å². The van der Waals surface area contributed by atoms with E-state index in [0.29, 0.717) is 36.7 Å². The summed E-state index contributed by atoms with van der Waals surface area (Å²) in [4.78, 5) is 25.5. The number of pyridine rings is 1. The lowest BCUT2D eigenvalue weighted by Gasteiger charge is -2.11. The molecule has 0 aliphatic carbocycles. The maximum atomic E-state index is 12.8. The van der Waals surface area contributed by atoms with Crippen LogP contribution >= 0.6 is 0 Å². The summed E-state index contributed by atoms with van der Waals surface area (Å²) in [5.74, 6) is 0.908. The summed E-state index contributed by atoms with van der Waals surface area (Å²) in [6.07, 6.45) is 1.80. The summed E-state index contributed by atoms with van der Waals surface area (Å²) in [5, 5.41) is 3.49. The molecule has 28 heavy (non-hydrogen) atoms. The largest absolute Gasteiger partial charge is 0.494 e. The second-order valence-electron chi connectivity index (χ2n) is 7.28. The van der Waals surface area contributed by atoms with E-state index in [-0.39, 0.29) is 11.5 Å². The minimum absolute atomic E-state index is 0.0671. The molecule has 0 bridgehead atoms. The van der Waals surface area contributed by atoms with Crippen LogP contribution in [-0.4, -0.2) is 21.6 Å². The molecule has 0 unspecified atom stereocenters. The molecule has 2 heterocycles. The first kappa shape index (κ1) is 19.7. The number of ether oxygens (including phenoxy) is 1. The van der Waals surface area contributed by atoms with Gasteiger partial charge in [-0.15, -0.1) is 0 Å². The van der Waals surface area contributed by atoms with Crippen molar-refractivity contribution in [3.63, 3.8) is 0 Å². The van der Waals surface area contributed by atoms with Crippen molar-refractivity contribution in [2.45, 2.75) is 33.9 Å². The van der Waals surface area contributed by atoms with E-state index in [9.17, 15) is 9.59 Å². The predicted molar refractivity (Wildman–Crippen MR) is 111 cm³/mol. The minimum atomic E-state index is -0.222. The molecule has 0 fully saturated rings. The van der Waals surface area contributed by atoms with Crippen LogP contribution in [0.2, 0.25) is 0 Å². The summed E-state index contributed by atoms with van der Waals surface area (Å²) in [7, 11) is 1.80. The second-order valence-corrected chi connectivity index (χ2v) is 7.28. The van der Waals surface area contributed by atoms with Crippen molar-refractivity contribution in [2.24, 2.45) is 13.0 Å². The van der Waals surface area contributed by atoms with E-state index < -0.39 is 0 Å². The Morgan fingerprint density at radius 1 is 1.21 bits per heavy atom. The Morgan fingerprint density at radius 2 is 1.96 bits per heavy atom. The third-order valence-corrected chi connectivity index (χ3v) is 4.69. The number of carbonyl (C=O) groups excluding carboxylic acids is 1. The van der Waals surface area contributed by atoms with Gasteiger partial charge in [0.15, 0.2) is 0 Å². The van der Waals surface area contributed by atoms with Gasteiger partial charge < -0.3 is 19.2 Å². The number of fused-ring (bicyclic) bond motifs is 1. The highest BCUT2D eigenvalue weighted by Gasteiger charge is 2.16. The van der Waals surface area contributed by atoms with Crippen molar-refractivity contribution in [3.8, 4) is 5.75 Å². The van der Waals surface area contributed by atoms with Crippen LogP contribution in [0.4, 0.5) is 0 Å². The molecule has 148 valence electrons. The molecule has 0 atom stereocenters. The lowest BCUT2D eigenvalue weighted by atomic mass is 10.2. The highest BCUT2D eigenvalue weighted by molar-refractivity contribution is 5.98. The van der Waals surface area contributed by atoms with Crippen LogP contribution in [0.1, 0.15) is 36.8 Å². The Kier molecular flexibility index (Phi) is 5.87. The molecule has 2 aromatic heterocycles. The lowest BCUT2D eigenvalue weighted by Crippen LogP contribution is -2.25. The first-order chi connectivity index (χ1) is 13.4. The number of aryl methyl sites for hydroxylation is 1. The van der Waals surface area contributed by atoms with Gasteiger partial charge in [0.2, 0.25) is 0 Å². The number of rotatable bonds is 7. The Bertz CT molecular complexity index is 1050. The fourth-order valence-corrected chi connectivity index (χ4v) is 3.34. The van der Waals surface area contributed by atoms with E-state index in [2.05, 4.69) is 19.2 Å². The molecule has 0 saturated carbocycles. The summed E-state index contributed by atoms with van der Waals surface area (Å²) in [6.45, 7) is 7.64. The molecule has 3 aromatic rings. The summed E-state index contributed by atoms with van der Waals surface area (Å²) in [6, 6.07) is 11.2. The van der Waals surface area contributed by atoms with Gasteiger partial charge in [0.05, 0.1) is 17.5 Å². The first-order valence-electron chi connectivity index (χ1n) is 9.60. The zero-order chi connectivity index (χ0) is 20.3. The number of benzene rings is 1. The first-order valence-corrected chi connectivity index (χ1v) is 9.60. The fourth-order valence-electron chi connectivity index (χ4n) is 3.34. The smallest absolute Gasteiger partial charge is 0.268 e. The van der Waals surface area contributed by atoms with Gasteiger partial charge in [-0.05, 0) is 31.0 Å². The van der Waals surface area contributed by atoms with Gasteiger partial charge in [-0.1, -0.05) is 32.0 Å². The molecule has 6 nitrogen and oxygen atoms in total. The predicted octanol–water partition coefficient (Wildman–Crippen LogP) is 3.32. The van der Waals surface area contributed by atoms with Gasteiger partial charge in [-0.3, -0.25) is 9.59 Å². The van der Waals surface area contributed by atoms with Gasteiger partial charge >= 0.3 is 0 Å². The van der Waals surface area contributed by atoms with Gasteiger partial charge in [0.25, 0.3) is 11.5 Å². The fraction of sp³-hybridized carbons (Fsp3) is 0.364. The van der Waals surface area contributed by atoms with Crippen molar-refractivity contribution >= 4 is 16.8 Å². The van der Waals surface area contributed by atoms with E-state index in [0.717, 1.165) is 16.8 Å². The number of carbonyl (C=O) groups is 1. The molecule has 6 heteroatoms. The van der Waals surface area contributed by atoms with Crippen molar-refractivity contribution in [1.82, 2.24) is 14.5 Å². The highest BCUT2D eigenvalue weighted by atomic mass is 16.5. The molecule has 0 saturated heterocycles. The van der Waals surface area contributed by atoms with E-state index in [1.165, 1.54) is 0 Å². The quantitative estimate of drug-likeness (QED) is 0.683. The molecular weight excluding hydrogens is 354 g/mol. The summed E-state index contributed by atoms with van der Waals surface area (Å²) in [5.41, 5.74) is 2.06. The average Bonchev–Trinajstić information content (AvgIpc) is 3.00. The van der Waals surface area contributed by atoms with Crippen LogP contribution in [0.25, 0.3) is 10.9 Å². The second kappa shape index (κ2) is 8.33. The molecule has 1 amide bonds. The molecule has 0 aliphatic heterocycles. The molecule has 3 rings (SSSR count). The standard InChI is InChI=1S/C22H27N3O3/c1-5-28-20-9-7-6-8-16(20)13-23-21(26)19-12-17-18(24(19)4)10-11-25(22(17)27)14-15(2)3/h6-12,15H,5,13-14H2,1-4H3,(H,23,26). The van der Waals surface area contributed by atoms with Crippen LogP contribution in [0.5, 0.6) is 5.75 Å². The van der Waals surface area contributed by atoms with Crippen molar-refractivity contribution in [1.29, 1.82) is 0 Å². The topological polar surface area (TPSA) is 65.3 Å². The van der Waals surface area contributed by atoms with E-state index in [1.54, 1.807) is 28.4 Å². The van der Waals surface area contributed by atoms with E-state index in [1.807, 2.05) is 37.3 Å². The van der Waals surface area contributed by atoms with Crippen LogP contribution in [-0.2, 0) is 20.1 Å². The van der Waals surface area contributed by atoms with Gasteiger partial charge in [0, 0.05) is 31.9 Å². The number of hydrogen-bond donors (Lipinski definition) is 1. The SMILES string of the molecule is CCOc1ccccc1CNC(=O)c1cc2c(=O)n(CC(C)C)ccc2n1C. The van der Waals surface area contributed by atoms with Crippen LogP contribution in [0.15, 0.2) is 47.4 Å². The monoisotopic (exact) mass is 381 g/mol. The number of amides is 1. The summed E-state index contributed by atoms with van der Waals surface area (Å²) >= 11 is 0. The van der Waals surface area contributed by atoms with Crippen molar-refractivity contribution in [3.05, 3.63) is 64.2 Å². The third-order valence-electron chi connectivity index (χ3n) is 4.69. The molecule has 0 spiro atoms. The Morgan fingerprint density at radius 3 is 2.68 bits per heavy atom. The molecule has 1 aromatic carbocycles. The molecule has 1 N–H and O–H groups in total. The van der Waals surface area contributed by atoms with E-state index in [4.69, 9.17) is 4.74 Å². The van der Waals surface area contributed by atoms with Crippen LogP contribution in [0, 0.1) is 5.92 Å². The van der Waals surface area contributed by atoms with Gasteiger partial charge in [-0.25, -0.2) is 0 Å². The average molecular weight is 381 g/mol. The van der Waals surface area contributed by atoms with Gasteiger partial charge in [0.1, 0.15) is 11.4 Å². The maximum Gasteiger partial charge on any atom is 0.268 e. The van der Waals surface area contributed by atoms with Crippen molar-refractivity contribution in [2.75, 3.05) is 6.61 Å². The Labute approximate surface area is 164 Å². The number of nitrogens with one attached hydrogen (secondary N) is 1. The molecule has 0 aliphatic rings. The normalized spacial score (nSPS) is 11.2. The van der Waals surface area contributed by atoms with Crippen LogP contribution in [0.3, 0.4) is 0 Å². The Hall–Kier alpha value is -3.02. The number of hydrogen-bond acceptors (Lipinski definition) is 3. The maximum absolute atomic E-state index is 12.8. The molecular formula is C22H27N3O3. The Balaban J connectivity index is 1.85. The zero-order valence-corrected chi connectivity index (χ0v) is 16.9. The summed E-state index contributed by atoms with van der Waals surface area (Å²) < 4.78 is 9.07. The lowest BCUT2D eigenvalue weighted by molar-refractivity contribution is 0.0943. The third kappa shape index (κ3) is 3.96. The van der Waals surface area contributed by atoms with Crippen LogP contribution < -0.4 is 15.6 Å².